The van der Waals surface area contributed by atoms with Crippen molar-refractivity contribution in [1.82, 2.24) is 29.8 Å². The summed E-state index contributed by atoms with van der Waals surface area (Å²) in [4.78, 5) is 3.87. The van der Waals surface area contributed by atoms with E-state index in [9.17, 15) is 13.9 Å². The van der Waals surface area contributed by atoms with Crippen LogP contribution in [-0.4, -0.2) is 34.9 Å². The van der Waals surface area contributed by atoms with E-state index in [-0.39, 0.29) is 12.1 Å². The van der Waals surface area contributed by atoms with Gasteiger partial charge in [0.05, 0.1) is 18.8 Å². The summed E-state index contributed by atoms with van der Waals surface area (Å²) in [6.45, 7) is 3.56. The minimum Gasteiger partial charge on any atom is -0.381 e. The Morgan fingerprint density at radius 1 is 1.13 bits per heavy atom. The second-order valence-corrected chi connectivity index (χ2v) is 7.27. The molecule has 0 bridgehead atoms. The van der Waals surface area contributed by atoms with Gasteiger partial charge in [-0.1, -0.05) is 41.1 Å². The fourth-order valence-electron chi connectivity index (χ4n) is 3.39. The Morgan fingerprint density at radius 3 is 2.57 bits per heavy atom. The average Bonchev–Trinajstić information content (AvgIpc) is 3.40. The number of aryl methyl sites for hydroxylation is 1. The molecule has 0 aliphatic rings. The summed E-state index contributed by atoms with van der Waals surface area (Å²) >= 11 is 0. The van der Waals surface area contributed by atoms with Gasteiger partial charge in [0.15, 0.2) is 0 Å². The molecule has 0 unspecified atom stereocenters. The Labute approximate surface area is 171 Å². The molecule has 0 amide bonds. The normalized spacial score (nSPS) is 14.4. The number of nitrogens with zero attached hydrogens (tertiary/aromatic N) is 6. The Morgan fingerprint density at radius 2 is 1.90 bits per heavy atom. The molecule has 4 rings (SSSR count). The molecule has 30 heavy (non-hydrogen) atoms. The molecular weight excluding hydrogens is 390 g/mol. The fraction of sp³-hybridized carbons (Fsp3) is 0.238. The number of aliphatic hydroxyl groups is 1. The molecule has 9 heteroatoms. The van der Waals surface area contributed by atoms with E-state index in [1.54, 1.807) is 13.1 Å². The highest BCUT2D eigenvalue weighted by atomic mass is 19.1. The quantitative estimate of drug-likeness (QED) is 0.528. The van der Waals surface area contributed by atoms with Gasteiger partial charge in [0.25, 0.3) is 0 Å². The second kappa shape index (κ2) is 7.75. The zero-order valence-corrected chi connectivity index (χ0v) is 16.4. The van der Waals surface area contributed by atoms with Crippen LogP contribution in [0.5, 0.6) is 0 Å². The first-order valence-corrected chi connectivity index (χ1v) is 9.36. The number of rotatable bonds is 6. The van der Waals surface area contributed by atoms with Gasteiger partial charge < -0.3 is 5.11 Å². The van der Waals surface area contributed by atoms with Gasteiger partial charge in [-0.25, -0.2) is 23.1 Å². The van der Waals surface area contributed by atoms with Crippen LogP contribution in [0.1, 0.15) is 24.1 Å². The molecule has 0 spiro atoms. The molecule has 4 aromatic rings. The molecule has 0 saturated heterocycles. The second-order valence-electron chi connectivity index (χ2n) is 7.27. The van der Waals surface area contributed by atoms with E-state index in [0.29, 0.717) is 5.69 Å². The van der Waals surface area contributed by atoms with Crippen molar-refractivity contribution in [3.8, 4) is 11.3 Å². The van der Waals surface area contributed by atoms with Crippen LogP contribution in [-0.2, 0) is 12.1 Å². The third-order valence-electron chi connectivity index (χ3n) is 5.21. The summed E-state index contributed by atoms with van der Waals surface area (Å²) < 4.78 is 31.0. The van der Waals surface area contributed by atoms with Crippen LogP contribution in [0.4, 0.5) is 8.78 Å². The minimum absolute atomic E-state index is 0.0701. The van der Waals surface area contributed by atoms with Crippen molar-refractivity contribution in [1.29, 1.82) is 0 Å². The highest BCUT2D eigenvalue weighted by Gasteiger charge is 2.41. The summed E-state index contributed by atoms with van der Waals surface area (Å²) in [7, 11) is 0. The smallest absolute Gasteiger partial charge is 0.137 e. The first-order chi connectivity index (χ1) is 14.4. The predicted octanol–water partition coefficient (Wildman–Crippen LogP) is 3.27. The van der Waals surface area contributed by atoms with Crippen LogP contribution >= 0.6 is 0 Å². The summed E-state index contributed by atoms with van der Waals surface area (Å²) in [5, 5.41) is 24.0. The maximum Gasteiger partial charge on any atom is 0.137 e. The number of hydrogen-bond donors (Lipinski definition) is 1. The molecule has 0 radical (unpaired) electrons. The van der Waals surface area contributed by atoms with Crippen molar-refractivity contribution >= 4 is 0 Å². The lowest BCUT2D eigenvalue weighted by Crippen LogP contribution is -2.41. The molecule has 2 atom stereocenters. The van der Waals surface area contributed by atoms with Crippen LogP contribution in [0, 0.1) is 18.6 Å². The number of halogens is 2. The van der Waals surface area contributed by atoms with Gasteiger partial charge in [0.1, 0.15) is 35.6 Å². The Hall–Kier alpha value is -3.46. The van der Waals surface area contributed by atoms with Crippen molar-refractivity contribution in [3.63, 3.8) is 0 Å². The standard InChI is InChI=1S/C21H20F2N6O/c1-14-3-5-16(6-4-14)20-10-29(27-26-20)15(2)21(30,11-28-13-24-12-25-28)18-8-7-17(22)9-19(18)23/h3-10,12-13,15,30H,11H2,1-2H3/t15-,21-/m1/s1. The molecule has 2 aromatic carbocycles. The van der Waals surface area contributed by atoms with Gasteiger partial charge in [-0.3, -0.25) is 0 Å². The van der Waals surface area contributed by atoms with E-state index in [1.165, 1.54) is 28.1 Å². The monoisotopic (exact) mass is 410 g/mol. The van der Waals surface area contributed by atoms with Gasteiger partial charge in [-0.2, -0.15) is 5.10 Å². The maximum absolute atomic E-state index is 14.7. The molecule has 1 N–H and O–H groups in total. The molecule has 0 aliphatic carbocycles. The molecular formula is C21H20F2N6O. The van der Waals surface area contributed by atoms with Gasteiger partial charge in [-0.15, -0.1) is 5.10 Å². The van der Waals surface area contributed by atoms with Crippen molar-refractivity contribution in [2.45, 2.75) is 32.0 Å². The molecule has 154 valence electrons. The Balaban J connectivity index is 1.74. The van der Waals surface area contributed by atoms with Crippen LogP contribution < -0.4 is 0 Å². The SMILES string of the molecule is Cc1ccc(-c2cn([C@H](C)[C@](O)(Cn3cncn3)c3ccc(F)cc3F)nn2)cc1. The average molecular weight is 410 g/mol. The number of aromatic nitrogens is 6. The molecule has 0 saturated carbocycles. The zero-order chi connectivity index (χ0) is 21.3. The Kier molecular flexibility index (Phi) is 5.13. The summed E-state index contributed by atoms with van der Waals surface area (Å²) in [6.07, 6.45) is 4.42. The number of hydrogen-bond acceptors (Lipinski definition) is 5. The molecule has 7 nitrogen and oxygen atoms in total. The summed E-state index contributed by atoms with van der Waals surface area (Å²) in [5.74, 6) is -1.59. The van der Waals surface area contributed by atoms with Gasteiger partial charge in [0, 0.05) is 17.2 Å². The van der Waals surface area contributed by atoms with Crippen molar-refractivity contribution in [2.24, 2.45) is 0 Å². The van der Waals surface area contributed by atoms with Crippen LogP contribution in [0.2, 0.25) is 0 Å². The van der Waals surface area contributed by atoms with E-state index >= 15 is 0 Å². The first-order valence-electron chi connectivity index (χ1n) is 9.36. The van der Waals surface area contributed by atoms with E-state index in [0.717, 1.165) is 23.3 Å². The van der Waals surface area contributed by atoms with E-state index < -0.39 is 23.3 Å². The van der Waals surface area contributed by atoms with E-state index in [4.69, 9.17) is 0 Å². The predicted molar refractivity (Wildman–Crippen MR) is 105 cm³/mol. The van der Waals surface area contributed by atoms with E-state index in [2.05, 4.69) is 20.4 Å². The van der Waals surface area contributed by atoms with Crippen LogP contribution in [0.25, 0.3) is 11.3 Å². The molecule has 0 fully saturated rings. The third kappa shape index (κ3) is 3.71. The first kappa shape index (κ1) is 19.8. The van der Waals surface area contributed by atoms with E-state index in [1.807, 2.05) is 31.2 Å². The Bertz CT molecular complexity index is 1140. The lowest BCUT2D eigenvalue weighted by molar-refractivity contribution is -0.0374. The lowest BCUT2D eigenvalue weighted by atomic mass is 9.86. The summed E-state index contributed by atoms with van der Waals surface area (Å²) in [5.41, 5.74) is 0.730. The fourth-order valence-corrected chi connectivity index (χ4v) is 3.39. The minimum atomic E-state index is -1.80. The van der Waals surface area contributed by atoms with Crippen LogP contribution in [0.3, 0.4) is 0 Å². The topological polar surface area (TPSA) is 81.7 Å². The van der Waals surface area contributed by atoms with Gasteiger partial charge in [-0.05, 0) is 19.9 Å². The van der Waals surface area contributed by atoms with Crippen molar-refractivity contribution < 1.29 is 13.9 Å². The van der Waals surface area contributed by atoms with Gasteiger partial charge >= 0.3 is 0 Å². The largest absolute Gasteiger partial charge is 0.381 e. The number of benzene rings is 2. The third-order valence-corrected chi connectivity index (χ3v) is 5.21. The molecule has 0 aliphatic heterocycles. The summed E-state index contributed by atoms with van der Waals surface area (Å²) in [6, 6.07) is 10.1. The van der Waals surface area contributed by atoms with Crippen molar-refractivity contribution in [2.75, 3.05) is 0 Å². The highest BCUT2D eigenvalue weighted by Crippen LogP contribution is 2.36. The van der Waals surface area contributed by atoms with Gasteiger partial charge in [0.2, 0.25) is 0 Å². The molecule has 2 heterocycles. The van der Waals surface area contributed by atoms with Crippen LogP contribution in [0.15, 0.2) is 61.3 Å². The molecule has 2 aromatic heterocycles. The maximum atomic E-state index is 14.7. The zero-order valence-electron chi connectivity index (χ0n) is 16.4. The highest BCUT2D eigenvalue weighted by molar-refractivity contribution is 5.57. The van der Waals surface area contributed by atoms with Crippen molar-refractivity contribution in [3.05, 3.63) is 84.1 Å². The lowest BCUT2D eigenvalue weighted by Gasteiger charge is -2.34.